The second-order valence-corrected chi connectivity index (χ2v) is 8.20. The molecule has 0 amide bonds. The second kappa shape index (κ2) is 8.15. The van der Waals surface area contributed by atoms with Crippen LogP contribution in [-0.2, 0) is 6.54 Å². The molecule has 1 saturated carbocycles. The zero-order valence-corrected chi connectivity index (χ0v) is 18.5. The van der Waals surface area contributed by atoms with Crippen LogP contribution in [0.4, 0.5) is 0 Å². The maximum Gasteiger partial charge on any atom is 0.170 e. The monoisotopic (exact) mass is 430 g/mol. The number of nitrogens with zero attached hydrogens (tertiary/aromatic N) is 4. The molecular weight excluding hydrogens is 404 g/mol. The Morgan fingerprint density at radius 3 is 2.47 bits per heavy atom. The largest absolute Gasteiger partial charge is 0.496 e. The minimum absolute atomic E-state index is 0.0699. The maximum absolute atomic E-state index is 12.9. The van der Waals surface area contributed by atoms with Crippen molar-refractivity contribution in [3.05, 3.63) is 54.6 Å². The molecule has 0 radical (unpaired) electrons. The Morgan fingerprint density at radius 2 is 1.84 bits per heavy atom. The van der Waals surface area contributed by atoms with E-state index in [1.165, 1.54) is 0 Å². The van der Waals surface area contributed by atoms with Crippen molar-refractivity contribution in [1.29, 1.82) is 0 Å². The molecule has 0 N–H and O–H groups in total. The van der Waals surface area contributed by atoms with Gasteiger partial charge in [0.05, 0.1) is 37.1 Å². The zero-order chi connectivity index (χ0) is 22.2. The van der Waals surface area contributed by atoms with Gasteiger partial charge in [-0.2, -0.15) is 5.10 Å². The number of hydrogen-bond donors (Lipinski definition) is 0. The summed E-state index contributed by atoms with van der Waals surface area (Å²) >= 11 is 0. The molecule has 1 fully saturated rings. The van der Waals surface area contributed by atoms with Crippen LogP contribution in [0, 0.1) is 5.92 Å². The van der Waals surface area contributed by atoms with E-state index in [2.05, 4.69) is 29.1 Å². The van der Waals surface area contributed by atoms with Gasteiger partial charge in [-0.05, 0) is 43.4 Å². The summed E-state index contributed by atoms with van der Waals surface area (Å²) in [6, 6.07) is 9.93. The van der Waals surface area contributed by atoms with Crippen LogP contribution in [0.15, 0.2) is 49.1 Å². The van der Waals surface area contributed by atoms with Crippen molar-refractivity contribution in [2.24, 2.45) is 5.92 Å². The van der Waals surface area contributed by atoms with Crippen LogP contribution in [0.25, 0.3) is 27.8 Å². The third-order valence-corrected chi connectivity index (χ3v) is 6.06. The van der Waals surface area contributed by atoms with Crippen LogP contribution in [0.5, 0.6) is 11.5 Å². The number of aryl methyl sites for hydroxylation is 1. The van der Waals surface area contributed by atoms with Gasteiger partial charge >= 0.3 is 0 Å². The normalized spacial score (nSPS) is 13.5. The molecule has 0 aliphatic heterocycles. The van der Waals surface area contributed by atoms with E-state index < -0.39 is 0 Å². The summed E-state index contributed by atoms with van der Waals surface area (Å²) in [6.07, 6.45) is 8.47. The fraction of sp³-hybridized carbons (Fsp3) is 0.320. The van der Waals surface area contributed by atoms with Gasteiger partial charge < -0.3 is 9.47 Å². The van der Waals surface area contributed by atoms with Crippen LogP contribution >= 0.6 is 0 Å². The van der Waals surface area contributed by atoms with Gasteiger partial charge in [-0.1, -0.05) is 6.07 Å². The van der Waals surface area contributed by atoms with Gasteiger partial charge in [0.25, 0.3) is 0 Å². The third kappa shape index (κ3) is 3.64. The topological polar surface area (TPSA) is 71.2 Å². The van der Waals surface area contributed by atoms with E-state index in [9.17, 15) is 4.79 Å². The predicted molar refractivity (Wildman–Crippen MR) is 123 cm³/mol. The summed E-state index contributed by atoms with van der Waals surface area (Å²) < 4.78 is 15.1. The quantitative estimate of drug-likeness (QED) is 0.372. The van der Waals surface area contributed by atoms with Gasteiger partial charge in [0, 0.05) is 36.9 Å². The lowest BCUT2D eigenvalue weighted by Gasteiger charge is -2.15. The predicted octanol–water partition coefficient (Wildman–Crippen LogP) is 4.91. The van der Waals surface area contributed by atoms with Crippen molar-refractivity contribution in [2.45, 2.75) is 32.7 Å². The lowest BCUT2D eigenvalue weighted by atomic mass is 10.0. The van der Waals surface area contributed by atoms with Crippen molar-refractivity contribution in [1.82, 2.24) is 19.3 Å². The summed E-state index contributed by atoms with van der Waals surface area (Å²) in [4.78, 5) is 17.5. The first kappa shape index (κ1) is 20.3. The molecule has 32 heavy (non-hydrogen) atoms. The van der Waals surface area contributed by atoms with E-state index in [1.807, 2.05) is 39.8 Å². The smallest absolute Gasteiger partial charge is 0.170 e. The molecule has 4 aromatic rings. The maximum atomic E-state index is 12.9. The number of Topliss-reactive ketones (excluding diaryl/α,β-unsaturated/α-hetero) is 1. The van der Waals surface area contributed by atoms with E-state index in [0.29, 0.717) is 29.4 Å². The molecule has 0 unspecified atom stereocenters. The summed E-state index contributed by atoms with van der Waals surface area (Å²) in [6.45, 7) is 2.90. The average Bonchev–Trinajstić information content (AvgIpc) is 3.34. The van der Waals surface area contributed by atoms with E-state index in [0.717, 1.165) is 47.2 Å². The Kier molecular flexibility index (Phi) is 5.17. The number of ketones is 1. The molecule has 2 aromatic carbocycles. The van der Waals surface area contributed by atoms with Crippen molar-refractivity contribution >= 4 is 16.8 Å². The Labute approximate surface area is 186 Å². The summed E-state index contributed by atoms with van der Waals surface area (Å²) in [5.74, 6) is 1.61. The summed E-state index contributed by atoms with van der Waals surface area (Å²) in [5.41, 5.74) is 5.31. The SMILES string of the molecule is CCn1cc(-c2ccc3c(c2)ncn3-c2cc(OC)c(C(=O)CC3CC3)c(OC)c2)cn1. The van der Waals surface area contributed by atoms with Crippen LogP contribution in [0.3, 0.4) is 0 Å². The Bertz CT molecular complexity index is 1270. The average molecular weight is 431 g/mol. The molecule has 164 valence electrons. The fourth-order valence-electron chi connectivity index (χ4n) is 4.08. The third-order valence-electron chi connectivity index (χ3n) is 6.06. The van der Waals surface area contributed by atoms with Gasteiger partial charge in [-0.3, -0.25) is 14.0 Å². The first-order valence-corrected chi connectivity index (χ1v) is 10.9. The number of fused-ring (bicyclic) bond motifs is 1. The summed E-state index contributed by atoms with van der Waals surface area (Å²) in [5, 5.41) is 4.36. The van der Waals surface area contributed by atoms with Crippen LogP contribution in [0.1, 0.15) is 36.5 Å². The minimum atomic E-state index is 0.0699. The number of carbonyl (C=O) groups excluding carboxylic acids is 1. The molecule has 0 spiro atoms. The first-order valence-electron chi connectivity index (χ1n) is 10.9. The molecule has 0 saturated heterocycles. The number of aromatic nitrogens is 4. The van der Waals surface area contributed by atoms with E-state index in [1.54, 1.807) is 20.5 Å². The van der Waals surface area contributed by atoms with E-state index in [4.69, 9.17) is 9.47 Å². The second-order valence-electron chi connectivity index (χ2n) is 8.20. The van der Waals surface area contributed by atoms with Crippen molar-refractivity contribution in [3.8, 4) is 28.3 Å². The molecule has 2 heterocycles. The van der Waals surface area contributed by atoms with Gasteiger partial charge in [-0.15, -0.1) is 0 Å². The highest BCUT2D eigenvalue weighted by atomic mass is 16.5. The fourth-order valence-corrected chi connectivity index (χ4v) is 4.08. The molecule has 0 bridgehead atoms. The number of ether oxygens (including phenoxy) is 2. The minimum Gasteiger partial charge on any atom is -0.496 e. The van der Waals surface area contributed by atoms with Crippen molar-refractivity contribution in [2.75, 3.05) is 14.2 Å². The number of carbonyl (C=O) groups is 1. The molecule has 1 aliphatic rings. The standard InChI is InChI=1S/C25H26N4O3/c1-4-28-14-18(13-27-28)17-7-8-21-20(10-17)26-15-29(21)19-11-23(31-2)25(24(12-19)32-3)22(30)9-16-5-6-16/h7-8,10-16H,4-6,9H2,1-3H3. The Hall–Kier alpha value is -3.61. The lowest BCUT2D eigenvalue weighted by Crippen LogP contribution is -2.07. The first-order chi connectivity index (χ1) is 15.6. The molecular formula is C25H26N4O3. The number of benzene rings is 2. The number of rotatable bonds is 8. The molecule has 7 nitrogen and oxygen atoms in total. The van der Waals surface area contributed by atoms with E-state index >= 15 is 0 Å². The number of imidazole rings is 1. The highest BCUT2D eigenvalue weighted by Crippen LogP contribution is 2.39. The molecule has 2 aromatic heterocycles. The Balaban J connectivity index is 1.55. The van der Waals surface area contributed by atoms with Gasteiger partial charge in [0.15, 0.2) is 5.78 Å². The number of methoxy groups -OCH3 is 2. The summed E-state index contributed by atoms with van der Waals surface area (Å²) in [7, 11) is 3.17. The van der Waals surface area contributed by atoms with Crippen LogP contribution < -0.4 is 9.47 Å². The highest BCUT2D eigenvalue weighted by molar-refractivity contribution is 6.02. The van der Waals surface area contributed by atoms with Crippen LogP contribution in [0.2, 0.25) is 0 Å². The van der Waals surface area contributed by atoms with E-state index in [-0.39, 0.29) is 5.78 Å². The molecule has 0 atom stereocenters. The van der Waals surface area contributed by atoms with Gasteiger partial charge in [0.2, 0.25) is 0 Å². The molecule has 1 aliphatic carbocycles. The Morgan fingerprint density at radius 1 is 1.09 bits per heavy atom. The van der Waals surface area contributed by atoms with Gasteiger partial charge in [0.1, 0.15) is 23.4 Å². The van der Waals surface area contributed by atoms with Crippen molar-refractivity contribution < 1.29 is 14.3 Å². The van der Waals surface area contributed by atoms with Crippen LogP contribution in [-0.4, -0.2) is 39.3 Å². The highest BCUT2D eigenvalue weighted by Gasteiger charge is 2.28. The lowest BCUT2D eigenvalue weighted by molar-refractivity contribution is 0.0970. The molecule has 7 heteroatoms. The zero-order valence-electron chi connectivity index (χ0n) is 18.5. The van der Waals surface area contributed by atoms with Gasteiger partial charge in [-0.25, -0.2) is 4.98 Å². The molecule has 5 rings (SSSR count). The van der Waals surface area contributed by atoms with Crippen molar-refractivity contribution in [3.63, 3.8) is 0 Å². The number of hydrogen-bond acceptors (Lipinski definition) is 5.